The Bertz CT molecular complexity index is 388. The minimum atomic E-state index is -0.0978. The van der Waals surface area contributed by atoms with Crippen LogP contribution in [0.1, 0.15) is 43.0 Å². The van der Waals surface area contributed by atoms with Gasteiger partial charge in [-0.15, -0.1) is 0 Å². The Morgan fingerprint density at radius 1 is 1.35 bits per heavy atom. The molecule has 3 nitrogen and oxygen atoms in total. The first-order valence-electron chi connectivity index (χ1n) is 6.16. The predicted octanol–water partition coefficient (Wildman–Crippen LogP) is 3.07. The van der Waals surface area contributed by atoms with Gasteiger partial charge in [-0.1, -0.05) is 30.7 Å². The van der Waals surface area contributed by atoms with Crippen LogP contribution in [0.15, 0.2) is 18.2 Å². The highest BCUT2D eigenvalue weighted by atomic mass is 16.2. The average molecular weight is 234 g/mol. The van der Waals surface area contributed by atoms with Crippen molar-refractivity contribution in [1.29, 1.82) is 0 Å². The van der Waals surface area contributed by atoms with Gasteiger partial charge in [-0.2, -0.15) is 0 Å². The summed E-state index contributed by atoms with van der Waals surface area (Å²) < 4.78 is 0. The summed E-state index contributed by atoms with van der Waals surface area (Å²) in [5, 5.41) is 5.76. The van der Waals surface area contributed by atoms with Crippen LogP contribution in [-0.2, 0) is 0 Å². The Morgan fingerprint density at radius 2 is 2.06 bits per heavy atom. The number of nitrogens with one attached hydrogen (secondary N) is 2. The fourth-order valence-electron chi connectivity index (χ4n) is 1.88. The third-order valence-electron chi connectivity index (χ3n) is 2.77. The molecule has 17 heavy (non-hydrogen) atoms. The Kier molecular flexibility index (Phi) is 5.01. The second-order valence-electron chi connectivity index (χ2n) is 4.48. The van der Waals surface area contributed by atoms with E-state index in [1.807, 2.05) is 13.8 Å². The average Bonchev–Trinajstić information content (AvgIpc) is 2.26. The summed E-state index contributed by atoms with van der Waals surface area (Å²) in [5.41, 5.74) is 3.63. The maximum absolute atomic E-state index is 11.5. The van der Waals surface area contributed by atoms with E-state index in [1.54, 1.807) is 0 Å². The van der Waals surface area contributed by atoms with E-state index in [4.69, 9.17) is 0 Å². The van der Waals surface area contributed by atoms with E-state index in [0.29, 0.717) is 6.54 Å². The number of carbonyl (C=O) groups excluding carboxylic acids is 1. The maximum atomic E-state index is 11.5. The van der Waals surface area contributed by atoms with Gasteiger partial charge in [0.05, 0.1) is 6.04 Å². The van der Waals surface area contributed by atoms with Crippen LogP contribution in [0.2, 0.25) is 0 Å². The molecule has 2 amide bonds. The minimum Gasteiger partial charge on any atom is -0.338 e. The summed E-state index contributed by atoms with van der Waals surface area (Å²) in [5.74, 6) is 0. The number of hydrogen-bond acceptors (Lipinski definition) is 1. The fraction of sp³-hybridized carbons (Fsp3) is 0.500. The summed E-state index contributed by atoms with van der Waals surface area (Å²) in [4.78, 5) is 11.5. The number of amides is 2. The maximum Gasteiger partial charge on any atom is 0.315 e. The molecule has 0 radical (unpaired) electrons. The monoisotopic (exact) mass is 234 g/mol. The Hall–Kier alpha value is -1.51. The molecule has 1 aromatic carbocycles. The molecule has 94 valence electrons. The predicted molar refractivity (Wildman–Crippen MR) is 71.2 cm³/mol. The zero-order valence-electron chi connectivity index (χ0n) is 11.1. The highest BCUT2D eigenvalue weighted by Crippen LogP contribution is 2.18. The van der Waals surface area contributed by atoms with Crippen LogP contribution in [0, 0.1) is 13.8 Å². The molecule has 0 saturated heterocycles. The molecule has 2 N–H and O–H groups in total. The van der Waals surface area contributed by atoms with E-state index in [-0.39, 0.29) is 12.1 Å². The van der Waals surface area contributed by atoms with E-state index < -0.39 is 0 Å². The van der Waals surface area contributed by atoms with Crippen molar-refractivity contribution in [3.05, 3.63) is 34.9 Å². The van der Waals surface area contributed by atoms with Crippen molar-refractivity contribution >= 4 is 6.03 Å². The van der Waals surface area contributed by atoms with E-state index >= 15 is 0 Å². The number of benzene rings is 1. The van der Waals surface area contributed by atoms with E-state index in [1.165, 1.54) is 16.7 Å². The smallest absolute Gasteiger partial charge is 0.315 e. The summed E-state index contributed by atoms with van der Waals surface area (Å²) in [6.45, 7) is 8.90. The van der Waals surface area contributed by atoms with Gasteiger partial charge in [-0.05, 0) is 38.3 Å². The molecule has 0 spiro atoms. The molecule has 0 bridgehead atoms. The van der Waals surface area contributed by atoms with E-state index in [9.17, 15) is 4.79 Å². The normalized spacial score (nSPS) is 12.0. The van der Waals surface area contributed by atoms with Crippen molar-refractivity contribution in [2.24, 2.45) is 0 Å². The molecule has 0 aliphatic carbocycles. The van der Waals surface area contributed by atoms with Crippen LogP contribution in [0.5, 0.6) is 0 Å². The van der Waals surface area contributed by atoms with Crippen molar-refractivity contribution in [3.8, 4) is 0 Å². The van der Waals surface area contributed by atoms with Crippen LogP contribution in [0.3, 0.4) is 0 Å². The van der Waals surface area contributed by atoms with Crippen molar-refractivity contribution in [2.45, 2.75) is 40.2 Å². The van der Waals surface area contributed by atoms with Crippen LogP contribution in [0.4, 0.5) is 4.79 Å². The zero-order chi connectivity index (χ0) is 12.8. The molecule has 1 aromatic rings. The summed E-state index contributed by atoms with van der Waals surface area (Å²) in [6, 6.07) is 6.23. The lowest BCUT2D eigenvalue weighted by molar-refractivity contribution is 0.238. The third kappa shape index (κ3) is 4.10. The minimum absolute atomic E-state index is 0.0347. The number of carbonyl (C=O) groups is 1. The molecule has 0 aliphatic heterocycles. The summed E-state index contributed by atoms with van der Waals surface area (Å²) in [6.07, 6.45) is 0.950. The van der Waals surface area contributed by atoms with Crippen molar-refractivity contribution < 1.29 is 4.79 Å². The Balaban J connectivity index is 2.63. The zero-order valence-corrected chi connectivity index (χ0v) is 11.1. The second kappa shape index (κ2) is 6.28. The Morgan fingerprint density at radius 3 is 2.65 bits per heavy atom. The molecule has 0 unspecified atom stereocenters. The second-order valence-corrected chi connectivity index (χ2v) is 4.48. The highest BCUT2D eigenvalue weighted by Gasteiger charge is 2.10. The lowest BCUT2D eigenvalue weighted by Gasteiger charge is -2.17. The summed E-state index contributed by atoms with van der Waals surface area (Å²) >= 11 is 0. The van der Waals surface area contributed by atoms with E-state index in [0.717, 1.165) is 6.42 Å². The van der Waals surface area contributed by atoms with Gasteiger partial charge in [0, 0.05) is 6.54 Å². The SMILES string of the molecule is CCCNC(=O)N[C@@H](C)c1ccc(C)cc1C. The van der Waals surface area contributed by atoms with Gasteiger partial charge in [-0.25, -0.2) is 4.79 Å². The number of rotatable bonds is 4. The van der Waals surface area contributed by atoms with Crippen LogP contribution < -0.4 is 10.6 Å². The van der Waals surface area contributed by atoms with Gasteiger partial charge >= 0.3 is 6.03 Å². The quantitative estimate of drug-likeness (QED) is 0.826. The lowest BCUT2D eigenvalue weighted by atomic mass is 10.0. The molecule has 3 heteroatoms. The van der Waals surface area contributed by atoms with Gasteiger partial charge in [-0.3, -0.25) is 0 Å². The molecule has 0 saturated carbocycles. The van der Waals surface area contributed by atoms with Crippen molar-refractivity contribution in [1.82, 2.24) is 10.6 Å². The lowest BCUT2D eigenvalue weighted by Crippen LogP contribution is -2.37. The molecule has 0 fully saturated rings. The molecule has 0 aliphatic rings. The van der Waals surface area contributed by atoms with Gasteiger partial charge in [0.25, 0.3) is 0 Å². The number of aryl methyl sites for hydroxylation is 2. The summed E-state index contributed by atoms with van der Waals surface area (Å²) in [7, 11) is 0. The van der Waals surface area contributed by atoms with Crippen LogP contribution in [0.25, 0.3) is 0 Å². The highest BCUT2D eigenvalue weighted by molar-refractivity contribution is 5.74. The Labute approximate surface area is 104 Å². The third-order valence-corrected chi connectivity index (χ3v) is 2.77. The standard InChI is InChI=1S/C14H22N2O/c1-5-8-15-14(17)16-12(4)13-7-6-10(2)9-11(13)3/h6-7,9,12H,5,8H2,1-4H3,(H2,15,16,17)/t12-/m0/s1. The molecular formula is C14H22N2O. The first-order valence-corrected chi connectivity index (χ1v) is 6.16. The number of hydrogen-bond donors (Lipinski definition) is 2. The van der Waals surface area contributed by atoms with Gasteiger partial charge in [0.15, 0.2) is 0 Å². The van der Waals surface area contributed by atoms with Crippen LogP contribution >= 0.6 is 0 Å². The number of urea groups is 1. The van der Waals surface area contributed by atoms with Gasteiger partial charge in [0.1, 0.15) is 0 Å². The molecular weight excluding hydrogens is 212 g/mol. The molecule has 1 rings (SSSR count). The molecule has 1 atom stereocenters. The largest absolute Gasteiger partial charge is 0.338 e. The molecule has 0 aromatic heterocycles. The van der Waals surface area contributed by atoms with Gasteiger partial charge in [0.2, 0.25) is 0 Å². The fourth-order valence-corrected chi connectivity index (χ4v) is 1.88. The van der Waals surface area contributed by atoms with Crippen LogP contribution in [-0.4, -0.2) is 12.6 Å². The van der Waals surface area contributed by atoms with E-state index in [2.05, 4.69) is 42.7 Å². The topological polar surface area (TPSA) is 41.1 Å². The first-order chi connectivity index (χ1) is 8.04. The molecule has 0 heterocycles. The van der Waals surface area contributed by atoms with Gasteiger partial charge < -0.3 is 10.6 Å². The van der Waals surface area contributed by atoms with Crippen molar-refractivity contribution in [3.63, 3.8) is 0 Å². The van der Waals surface area contributed by atoms with Crippen molar-refractivity contribution in [2.75, 3.05) is 6.54 Å². The first kappa shape index (κ1) is 13.6.